The molecular formula is C11H21N3O4. The van der Waals surface area contributed by atoms with Gasteiger partial charge in [-0.3, -0.25) is 4.68 Å². The zero-order valence-electron chi connectivity index (χ0n) is 10.4. The van der Waals surface area contributed by atoms with Gasteiger partial charge in [0.05, 0.1) is 58.1 Å². The lowest BCUT2D eigenvalue weighted by Crippen LogP contribution is -2.11. The van der Waals surface area contributed by atoms with Crippen LogP contribution in [0.25, 0.3) is 0 Å². The van der Waals surface area contributed by atoms with Crippen molar-refractivity contribution in [3.63, 3.8) is 0 Å². The van der Waals surface area contributed by atoms with Crippen molar-refractivity contribution in [2.45, 2.75) is 6.54 Å². The summed E-state index contributed by atoms with van der Waals surface area (Å²) in [5.74, 6) is 0. The van der Waals surface area contributed by atoms with Gasteiger partial charge in [-0.2, -0.15) is 5.10 Å². The summed E-state index contributed by atoms with van der Waals surface area (Å²) in [7, 11) is 0. The Morgan fingerprint density at radius 3 is 2.56 bits per heavy atom. The molecule has 0 unspecified atom stereocenters. The first-order valence-electron chi connectivity index (χ1n) is 6.00. The van der Waals surface area contributed by atoms with E-state index in [0.29, 0.717) is 39.5 Å². The summed E-state index contributed by atoms with van der Waals surface area (Å²) in [4.78, 5) is 0. The number of aliphatic hydroxyl groups is 2. The molecule has 7 heteroatoms. The van der Waals surface area contributed by atoms with E-state index in [1.165, 1.54) is 0 Å². The molecule has 7 nitrogen and oxygen atoms in total. The first kappa shape index (κ1) is 14.9. The topological polar surface area (TPSA) is 88.8 Å². The maximum absolute atomic E-state index is 8.54. The minimum absolute atomic E-state index is 0.0414. The summed E-state index contributed by atoms with van der Waals surface area (Å²) in [5.41, 5.74) is 0.921. The number of nitrogens with one attached hydrogen (secondary N) is 1. The van der Waals surface area contributed by atoms with Crippen LogP contribution in [0.4, 0.5) is 5.69 Å². The van der Waals surface area contributed by atoms with Crippen LogP contribution >= 0.6 is 0 Å². The number of hydrogen-bond acceptors (Lipinski definition) is 6. The molecule has 0 atom stereocenters. The first-order valence-corrected chi connectivity index (χ1v) is 6.00. The summed E-state index contributed by atoms with van der Waals surface area (Å²) in [6, 6.07) is 0. The van der Waals surface area contributed by atoms with Crippen LogP contribution in [0.3, 0.4) is 0 Å². The number of ether oxygens (including phenoxy) is 2. The number of nitrogens with zero attached hydrogens (tertiary/aromatic N) is 2. The molecule has 1 heterocycles. The van der Waals surface area contributed by atoms with Crippen LogP contribution in [0.5, 0.6) is 0 Å². The van der Waals surface area contributed by atoms with Crippen molar-refractivity contribution in [3.05, 3.63) is 12.4 Å². The lowest BCUT2D eigenvalue weighted by molar-refractivity contribution is 0.0854. The van der Waals surface area contributed by atoms with Crippen molar-refractivity contribution in [1.82, 2.24) is 9.78 Å². The molecule has 0 bridgehead atoms. The Morgan fingerprint density at radius 1 is 1.11 bits per heavy atom. The van der Waals surface area contributed by atoms with Crippen molar-refractivity contribution in [1.29, 1.82) is 0 Å². The fraction of sp³-hybridized carbons (Fsp3) is 0.727. The fourth-order valence-corrected chi connectivity index (χ4v) is 1.34. The summed E-state index contributed by atoms with van der Waals surface area (Å²) < 4.78 is 12.0. The van der Waals surface area contributed by atoms with Gasteiger partial charge in [0, 0.05) is 12.7 Å². The van der Waals surface area contributed by atoms with Gasteiger partial charge in [0.1, 0.15) is 0 Å². The van der Waals surface area contributed by atoms with Gasteiger partial charge in [-0.1, -0.05) is 0 Å². The molecule has 1 aromatic heterocycles. The van der Waals surface area contributed by atoms with Crippen LogP contribution in [0.2, 0.25) is 0 Å². The van der Waals surface area contributed by atoms with E-state index in [9.17, 15) is 0 Å². The van der Waals surface area contributed by atoms with E-state index in [2.05, 4.69) is 10.4 Å². The molecule has 104 valence electrons. The second kappa shape index (κ2) is 9.84. The van der Waals surface area contributed by atoms with Crippen LogP contribution in [0.15, 0.2) is 12.4 Å². The molecular weight excluding hydrogens is 238 g/mol. The molecule has 0 saturated carbocycles. The van der Waals surface area contributed by atoms with Crippen molar-refractivity contribution < 1.29 is 19.7 Å². The van der Waals surface area contributed by atoms with Gasteiger partial charge in [0.15, 0.2) is 0 Å². The van der Waals surface area contributed by atoms with Crippen LogP contribution in [0.1, 0.15) is 0 Å². The third-order valence-electron chi connectivity index (χ3n) is 2.14. The van der Waals surface area contributed by atoms with Crippen molar-refractivity contribution in [2.75, 3.05) is 51.5 Å². The summed E-state index contributed by atoms with van der Waals surface area (Å²) >= 11 is 0. The molecule has 0 spiro atoms. The van der Waals surface area contributed by atoms with Gasteiger partial charge in [0.2, 0.25) is 0 Å². The number of anilines is 1. The summed E-state index contributed by atoms with van der Waals surface area (Å²) in [6.45, 7) is 3.21. The molecule has 1 rings (SSSR count). The van der Waals surface area contributed by atoms with Crippen LogP contribution in [-0.2, 0) is 16.0 Å². The smallest absolute Gasteiger partial charge is 0.0727 e. The van der Waals surface area contributed by atoms with Crippen LogP contribution < -0.4 is 5.32 Å². The Bertz CT molecular complexity index is 306. The zero-order chi connectivity index (χ0) is 13.1. The predicted molar refractivity (Wildman–Crippen MR) is 66.5 cm³/mol. The average Bonchev–Trinajstić information content (AvgIpc) is 2.82. The highest BCUT2D eigenvalue weighted by molar-refractivity contribution is 5.37. The molecule has 0 aliphatic rings. The number of rotatable bonds is 11. The third kappa shape index (κ3) is 6.55. The number of hydrogen-bond donors (Lipinski definition) is 3. The minimum Gasteiger partial charge on any atom is -0.394 e. The fourth-order valence-electron chi connectivity index (χ4n) is 1.34. The Labute approximate surface area is 106 Å². The second-order valence-corrected chi connectivity index (χ2v) is 3.59. The largest absolute Gasteiger partial charge is 0.394 e. The van der Waals surface area contributed by atoms with Crippen molar-refractivity contribution in [2.24, 2.45) is 0 Å². The first-order chi connectivity index (χ1) is 8.86. The van der Waals surface area contributed by atoms with E-state index in [1.807, 2.05) is 6.20 Å². The Kier molecular flexibility index (Phi) is 8.15. The van der Waals surface area contributed by atoms with Gasteiger partial charge in [-0.05, 0) is 0 Å². The average molecular weight is 259 g/mol. The predicted octanol–water partition coefficient (Wildman–Crippen LogP) is -0.687. The number of aliphatic hydroxyl groups excluding tert-OH is 2. The molecule has 3 N–H and O–H groups in total. The maximum atomic E-state index is 8.54. The van der Waals surface area contributed by atoms with Crippen LogP contribution in [-0.4, -0.2) is 66.2 Å². The van der Waals surface area contributed by atoms with Crippen molar-refractivity contribution >= 4 is 5.69 Å². The highest BCUT2D eigenvalue weighted by Crippen LogP contribution is 2.03. The Hall–Kier alpha value is -1.15. The van der Waals surface area contributed by atoms with Gasteiger partial charge in [-0.15, -0.1) is 0 Å². The lowest BCUT2D eigenvalue weighted by atomic mass is 10.5. The summed E-state index contributed by atoms with van der Waals surface area (Å²) in [6.07, 6.45) is 3.62. The molecule has 0 aliphatic heterocycles. The SMILES string of the molecule is OCCOCCNc1cnn(CCOCCO)c1. The van der Waals surface area contributed by atoms with Gasteiger partial charge >= 0.3 is 0 Å². The molecule has 0 amide bonds. The molecule has 1 aromatic rings. The van der Waals surface area contributed by atoms with Gasteiger partial charge in [0.25, 0.3) is 0 Å². The van der Waals surface area contributed by atoms with E-state index < -0.39 is 0 Å². The highest BCUT2D eigenvalue weighted by atomic mass is 16.5. The van der Waals surface area contributed by atoms with Crippen molar-refractivity contribution in [3.8, 4) is 0 Å². The van der Waals surface area contributed by atoms with Gasteiger partial charge in [-0.25, -0.2) is 0 Å². The van der Waals surface area contributed by atoms with E-state index in [1.54, 1.807) is 10.9 Å². The Morgan fingerprint density at radius 2 is 1.83 bits per heavy atom. The quantitative estimate of drug-likeness (QED) is 0.456. The van der Waals surface area contributed by atoms with Gasteiger partial charge < -0.3 is 25.0 Å². The van der Waals surface area contributed by atoms with E-state index in [0.717, 1.165) is 5.69 Å². The molecule has 18 heavy (non-hydrogen) atoms. The molecule has 0 aliphatic carbocycles. The lowest BCUT2D eigenvalue weighted by Gasteiger charge is -2.04. The Balaban J connectivity index is 2.10. The van der Waals surface area contributed by atoms with E-state index in [-0.39, 0.29) is 13.2 Å². The normalized spacial score (nSPS) is 10.8. The zero-order valence-corrected chi connectivity index (χ0v) is 10.4. The van der Waals surface area contributed by atoms with Crippen LogP contribution in [0, 0.1) is 0 Å². The second-order valence-electron chi connectivity index (χ2n) is 3.59. The summed E-state index contributed by atoms with van der Waals surface area (Å²) in [5, 5.41) is 24.4. The molecule has 0 fully saturated rings. The third-order valence-corrected chi connectivity index (χ3v) is 2.14. The monoisotopic (exact) mass is 259 g/mol. The molecule has 0 radical (unpaired) electrons. The maximum Gasteiger partial charge on any atom is 0.0727 e. The standard InChI is InChI=1S/C11H21N3O4/c15-3-7-17-5-1-12-11-9-13-14(10-11)2-6-18-8-4-16/h9-10,12,15-16H,1-8H2. The highest BCUT2D eigenvalue weighted by Gasteiger charge is 1.98. The number of aromatic nitrogens is 2. The molecule has 0 aromatic carbocycles. The van der Waals surface area contributed by atoms with E-state index in [4.69, 9.17) is 19.7 Å². The molecule has 0 saturated heterocycles. The van der Waals surface area contributed by atoms with E-state index >= 15 is 0 Å². The minimum atomic E-state index is 0.0414.